The van der Waals surface area contributed by atoms with Gasteiger partial charge in [0.05, 0.1) is 5.76 Å². The number of hydrogen-bond donors (Lipinski definition) is 1. The van der Waals surface area contributed by atoms with E-state index in [2.05, 4.69) is 19.9 Å². The molecule has 3 nitrogen and oxygen atoms in total. The molecule has 0 radical (unpaired) electrons. The maximum absolute atomic E-state index is 12.5. The van der Waals surface area contributed by atoms with Crippen LogP contribution < -0.4 is 0 Å². The molecule has 0 aromatic heterocycles. The molecule has 25 heavy (non-hydrogen) atoms. The van der Waals surface area contributed by atoms with Gasteiger partial charge in [-0.1, -0.05) is 25.5 Å². The van der Waals surface area contributed by atoms with Crippen molar-refractivity contribution in [2.75, 3.05) is 6.67 Å². The molecule has 4 aliphatic rings. The lowest BCUT2D eigenvalue weighted by molar-refractivity contribution is -0.150. The van der Waals surface area contributed by atoms with Crippen LogP contribution >= 0.6 is 0 Å². The summed E-state index contributed by atoms with van der Waals surface area (Å²) in [6.45, 7) is 3.50. The van der Waals surface area contributed by atoms with Crippen molar-refractivity contribution in [3.8, 4) is 0 Å². The predicted molar refractivity (Wildman–Crippen MR) is 93.7 cm³/mol. The molecule has 4 heteroatoms. The van der Waals surface area contributed by atoms with Crippen molar-refractivity contribution in [2.24, 2.45) is 28.6 Å². The van der Waals surface area contributed by atoms with Crippen LogP contribution in [0.5, 0.6) is 0 Å². The summed E-state index contributed by atoms with van der Waals surface area (Å²) in [5, 5.41) is 10.7. The monoisotopic (exact) mass is 348 g/mol. The lowest BCUT2D eigenvalue weighted by Gasteiger charge is -2.55. The Morgan fingerprint density at radius 1 is 1.32 bits per heavy atom. The van der Waals surface area contributed by atoms with Crippen LogP contribution in [0.15, 0.2) is 23.5 Å². The Hall–Kier alpha value is -1.32. The average molecular weight is 348 g/mol. The Morgan fingerprint density at radius 3 is 2.88 bits per heavy atom. The number of allylic oxidation sites excluding steroid dienone is 4. The molecule has 0 aliphatic heterocycles. The van der Waals surface area contributed by atoms with Crippen LogP contribution in [-0.4, -0.2) is 23.9 Å². The lowest BCUT2D eigenvalue weighted by atomic mass is 9.50. The van der Waals surface area contributed by atoms with Gasteiger partial charge < -0.3 is 9.84 Å². The number of carbonyl (C=O) groups excluding carboxylic acids is 1. The van der Waals surface area contributed by atoms with Gasteiger partial charge in [-0.25, -0.2) is 9.18 Å². The molecule has 0 heterocycles. The van der Waals surface area contributed by atoms with Gasteiger partial charge in [-0.15, -0.1) is 0 Å². The van der Waals surface area contributed by atoms with Crippen molar-refractivity contribution in [1.82, 2.24) is 0 Å². The minimum atomic E-state index is -1.04. The fourth-order valence-corrected chi connectivity index (χ4v) is 6.48. The van der Waals surface area contributed by atoms with E-state index in [-0.39, 0.29) is 16.9 Å². The quantitative estimate of drug-likeness (QED) is 0.571. The number of hydrogen-bond acceptors (Lipinski definition) is 3. The van der Waals surface area contributed by atoms with Crippen molar-refractivity contribution in [3.63, 3.8) is 0 Å². The molecular weight excluding hydrogens is 319 g/mol. The highest BCUT2D eigenvalue weighted by Gasteiger charge is 2.57. The summed E-state index contributed by atoms with van der Waals surface area (Å²) >= 11 is 0. The number of rotatable bonds is 2. The molecule has 0 bridgehead atoms. The third-order valence-corrected chi connectivity index (χ3v) is 7.86. The fourth-order valence-electron chi connectivity index (χ4n) is 6.48. The van der Waals surface area contributed by atoms with Gasteiger partial charge in [0.2, 0.25) is 0 Å². The highest BCUT2D eigenvalue weighted by molar-refractivity contribution is 5.70. The zero-order valence-corrected chi connectivity index (χ0v) is 15.3. The number of halogens is 1. The zero-order valence-electron chi connectivity index (χ0n) is 15.3. The fraction of sp³-hybridized carbons (Fsp3) is 0.762. The summed E-state index contributed by atoms with van der Waals surface area (Å²) in [5.41, 5.74) is 1.45. The minimum absolute atomic E-state index is 0.126. The molecular formula is C21H29FO3. The highest BCUT2D eigenvalue weighted by atomic mass is 19.1. The van der Waals surface area contributed by atoms with Crippen molar-refractivity contribution in [1.29, 1.82) is 0 Å². The third kappa shape index (κ3) is 2.47. The number of aliphatic hydroxyl groups excluding tert-OH is 1. The first-order chi connectivity index (χ1) is 11.9. The van der Waals surface area contributed by atoms with E-state index >= 15 is 0 Å². The second-order valence-electron chi connectivity index (χ2n) is 9.07. The number of fused-ring (bicyclic) bond motifs is 5. The Morgan fingerprint density at radius 2 is 2.12 bits per heavy atom. The molecule has 0 saturated heterocycles. The Bertz CT molecular complexity index is 639. The summed E-state index contributed by atoms with van der Waals surface area (Å²) in [6.07, 6.45) is 11.2. The van der Waals surface area contributed by atoms with Crippen LogP contribution in [-0.2, 0) is 9.53 Å². The molecule has 0 aromatic rings. The molecule has 1 N–H and O–H groups in total. The van der Waals surface area contributed by atoms with Gasteiger partial charge in [0.1, 0.15) is 6.10 Å². The molecule has 4 rings (SSSR count). The average Bonchev–Trinajstić information content (AvgIpc) is 2.92. The molecule has 6 atom stereocenters. The summed E-state index contributed by atoms with van der Waals surface area (Å²) in [4.78, 5) is 11.4. The zero-order chi connectivity index (χ0) is 17.8. The molecule has 2 fully saturated rings. The van der Waals surface area contributed by atoms with Gasteiger partial charge >= 0.3 is 5.97 Å². The van der Waals surface area contributed by atoms with Crippen LogP contribution in [0, 0.1) is 28.6 Å². The minimum Gasteiger partial charge on any atom is -0.512 e. The summed E-state index contributed by atoms with van der Waals surface area (Å²) in [5.74, 6) is 1.15. The number of alkyl halides is 1. The van der Waals surface area contributed by atoms with Gasteiger partial charge in [-0.2, -0.15) is 0 Å². The molecule has 0 aromatic carbocycles. The van der Waals surface area contributed by atoms with Gasteiger partial charge in [-0.3, -0.25) is 0 Å². The van der Waals surface area contributed by atoms with E-state index in [0.717, 1.165) is 44.9 Å². The summed E-state index contributed by atoms with van der Waals surface area (Å²) < 4.78 is 17.9. The van der Waals surface area contributed by atoms with Crippen LogP contribution in [0.3, 0.4) is 0 Å². The van der Waals surface area contributed by atoms with Crippen molar-refractivity contribution < 1.29 is 19.0 Å². The summed E-state index contributed by atoms with van der Waals surface area (Å²) in [7, 11) is 0. The number of carbonyl (C=O) groups is 1. The van der Waals surface area contributed by atoms with Gasteiger partial charge in [0.15, 0.2) is 6.67 Å². The van der Waals surface area contributed by atoms with E-state index in [0.29, 0.717) is 23.5 Å². The first kappa shape index (κ1) is 17.1. The predicted octanol–water partition coefficient (Wildman–Crippen LogP) is 4.88. The molecule has 0 amide bonds. The second kappa shape index (κ2) is 5.85. The number of ether oxygens (including phenoxy) is 1. The van der Waals surface area contributed by atoms with E-state index in [4.69, 9.17) is 4.74 Å². The van der Waals surface area contributed by atoms with Gasteiger partial charge in [0.25, 0.3) is 0 Å². The largest absolute Gasteiger partial charge is 0.512 e. The number of esters is 1. The van der Waals surface area contributed by atoms with Crippen molar-refractivity contribution >= 4 is 5.97 Å². The van der Waals surface area contributed by atoms with Crippen LogP contribution in [0.4, 0.5) is 4.39 Å². The normalized spacial score (nSPS) is 45.6. The number of aliphatic hydroxyl groups is 1. The molecule has 138 valence electrons. The third-order valence-electron chi connectivity index (χ3n) is 7.86. The molecule has 2 saturated carbocycles. The maximum atomic E-state index is 12.5. The first-order valence-electron chi connectivity index (χ1n) is 9.73. The standard InChI is InChI=1S/C21H29FO3/c1-20-9-8-16-15(17(20)10-14(11-20)25-19(24)12-22)7-6-13-4-3-5-18(23)21(13,16)2/h5,7,13-14,16-17,23H,3-4,6,8-12H2,1-2H3/t13?,14-,16+,17+,20-,21+/m1/s1. The van der Waals surface area contributed by atoms with E-state index in [9.17, 15) is 14.3 Å². The Labute approximate surface area is 149 Å². The van der Waals surface area contributed by atoms with Crippen molar-refractivity contribution in [2.45, 2.75) is 64.9 Å². The van der Waals surface area contributed by atoms with Crippen LogP contribution in [0.1, 0.15) is 58.8 Å². The summed E-state index contributed by atoms with van der Waals surface area (Å²) in [6, 6.07) is 0. The second-order valence-corrected chi connectivity index (χ2v) is 9.07. The maximum Gasteiger partial charge on any atom is 0.337 e. The molecule has 4 aliphatic carbocycles. The van der Waals surface area contributed by atoms with E-state index < -0.39 is 12.6 Å². The SMILES string of the molecule is C[C@]12CC[C@H]3C(=CCC4CCC=C(O)[C@@]43C)[C@@H]1C[C@@H](OC(=O)CF)C2. The van der Waals surface area contributed by atoms with Gasteiger partial charge in [0, 0.05) is 5.41 Å². The first-order valence-corrected chi connectivity index (χ1v) is 9.73. The van der Waals surface area contributed by atoms with E-state index in [1.165, 1.54) is 5.57 Å². The van der Waals surface area contributed by atoms with E-state index in [1.54, 1.807) is 0 Å². The van der Waals surface area contributed by atoms with E-state index in [1.807, 2.05) is 6.08 Å². The highest BCUT2D eigenvalue weighted by Crippen LogP contribution is 2.64. The topological polar surface area (TPSA) is 46.5 Å². The van der Waals surface area contributed by atoms with Gasteiger partial charge in [-0.05, 0) is 74.2 Å². The molecule has 0 spiro atoms. The Kier molecular flexibility index (Phi) is 4.01. The van der Waals surface area contributed by atoms with Crippen molar-refractivity contribution in [3.05, 3.63) is 23.5 Å². The Balaban J connectivity index is 1.63. The van der Waals surface area contributed by atoms with Crippen LogP contribution in [0.25, 0.3) is 0 Å². The lowest BCUT2D eigenvalue weighted by Crippen LogP contribution is -2.47. The van der Waals surface area contributed by atoms with Crippen LogP contribution in [0.2, 0.25) is 0 Å². The smallest absolute Gasteiger partial charge is 0.337 e. The molecule has 1 unspecified atom stereocenters.